The minimum atomic E-state index is 0. The van der Waals surface area contributed by atoms with Gasteiger partial charge < -0.3 is 5.48 Å². The SMILES string of the molecule is C1CCCC1.F.O. The summed E-state index contributed by atoms with van der Waals surface area (Å²) in [6, 6.07) is 0. The minimum Gasteiger partial charge on any atom is -0.412 e. The second kappa shape index (κ2) is 5.89. The van der Waals surface area contributed by atoms with E-state index in [-0.39, 0.29) is 10.2 Å². The summed E-state index contributed by atoms with van der Waals surface area (Å²) in [7, 11) is 0. The number of hydrogen-bond acceptors (Lipinski definition) is 0. The van der Waals surface area contributed by atoms with Crippen LogP contribution in [0.1, 0.15) is 32.1 Å². The Labute approximate surface area is 43.4 Å². The summed E-state index contributed by atoms with van der Waals surface area (Å²) >= 11 is 0. The van der Waals surface area contributed by atoms with Gasteiger partial charge in [-0.15, -0.1) is 0 Å². The third kappa shape index (κ3) is 3.73. The van der Waals surface area contributed by atoms with Gasteiger partial charge in [-0.05, 0) is 0 Å². The highest BCUT2D eigenvalue weighted by molar-refractivity contribution is 4.51. The Bertz CT molecular complexity index is 19.7. The zero-order chi connectivity index (χ0) is 3.54. The molecule has 0 heterocycles. The maximum absolute atomic E-state index is 1.50. The molecule has 1 fully saturated rings. The Hall–Kier alpha value is -0.110. The van der Waals surface area contributed by atoms with E-state index in [9.17, 15) is 0 Å². The van der Waals surface area contributed by atoms with Crippen molar-refractivity contribution < 1.29 is 10.2 Å². The van der Waals surface area contributed by atoms with Crippen molar-refractivity contribution in [1.82, 2.24) is 0 Å². The van der Waals surface area contributed by atoms with E-state index in [0.29, 0.717) is 0 Å². The molecule has 1 rings (SSSR count). The summed E-state index contributed by atoms with van der Waals surface area (Å²) in [4.78, 5) is 0. The molecule has 0 spiro atoms. The Kier molecular flexibility index (Phi) is 8.41. The first kappa shape index (κ1) is 10.00. The quantitative estimate of drug-likeness (QED) is 0.447. The summed E-state index contributed by atoms with van der Waals surface area (Å²) < 4.78 is 0. The van der Waals surface area contributed by atoms with E-state index in [2.05, 4.69) is 0 Å². The minimum absolute atomic E-state index is 0. The van der Waals surface area contributed by atoms with E-state index >= 15 is 0 Å². The van der Waals surface area contributed by atoms with Crippen molar-refractivity contribution >= 4 is 0 Å². The molecule has 0 aromatic heterocycles. The third-order valence-electron chi connectivity index (χ3n) is 1.25. The Morgan fingerprint density at radius 3 is 0.857 bits per heavy atom. The molecule has 1 saturated carbocycles. The van der Waals surface area contributed by atoms with Gasteiger partial charge in [-0.3, -0.25) is 4.70 Å². The van der Waals surface area contributed by atoms with Crippen LogP contribution in [0.15, 0.2) is 0 Å². The molecule has 1 nitrogen and oxygen atoms in total. The van der Waals surface area contributed by atoms with Crippen LogP contribution in [-0.2, 0) is 0 Å². The van der Waals surface area contributed by atoms with Gasteiger partial charge >= 0.3 is 0 Å². The van der Waals surface area contributed by atoms with Crippen LogP contribution in [0, 0.1) is 0 Å². The molecule has 1 aliphatic carbocycles. The van der Waals surface area contributed by atoms with E-state index in [1.54, 1.807) is 0 Å². The van der Waals surface area contributed by atoms with Crippen molar-refractivity contribution in [3.05, 3.63) is 0 Å². The molecule has 0 amide bonds. The van der Waals surface area contributed by atoms with E-state index in [1.807, 2.05) is 0 Å². The molecule has 0 saturated heterocycles. The molecule has 7 heavy (non-hydrogen) atoms. The van der Waals surface area contributed by atoms with Gasteiger partial charge in [0.1, 0.15) is 0 Å². The van der Waals surface area contributed by atoms with Gasteiger partial charge in [-0.25, -0.2) is 0 Å². The second-order valence-electron chi connectivity index (χ2n) is 1.77. The van der Waals surface area contributed by atoms with Crippen molar-refractivity contribution in [2.24, 2.45) is 0 Å². The maximum Gasteiger partial charge on any atom is -0.0533 e. The van der Waals surface area contributed by atoms with E-state index in [1.165, 1.54) is 32.1 Å². The standard InChI is InChI=1S/C5H10.FH.H2O/c1-2-4-5-3-1;;/h1-5H2;1H;1H2. The predicted octanol–water partition coefficient (Wildman–Crippen LogP) is 1.28. The zero-order valence-corrected chi connectivity index (χ0v) is 4.44. The van der Waals surface area contributed by atoms with Crippen LogP contribution in [0.3, 0.4) is 0 Å². The van der Waals surface area contributed by atoms with Crippen molar-refractivity contribution in [2.45, 2.75) is 32.1 Å². The lowest BCUT2D eigenvalue weighted by Crippen LogP contribution is -1.47. The largest absolute Gasteiger partial charge is 0.412 e. The molecule has 0 aromatic rings. The summed E-state index contributed by atoms with van der Waals surface area (Å²) in [6.07, 6.45) is 7.50. The van der Waals surface area contributed by atoms with Crippen LogP contribution in [0.2, 0.25) is 0 Å². The summed E-state index contributed by atoms with van der Waals surface area (Å²) in [5.74, 6) is 0. The van der Waals surface area contributed by atoms with Gasteiger partial charge in [-0.1, -0.05) is 32.1 Å². The molecule has 0 radical (unpaired) electrons. The van der Waals surface area contributed by atoms with E-state index in [0.717, 1.165) is 0 Å². The predicted molar refractivity (Wildman–Crippen MR) is 29.2 cm³/mol. The fraction of sp³-hybridized carbons (Fsp3) is 1.00. The Morgan fingerprint density at radius 1 is 0.571 bits per heavy atom. The fourth-order valence-corrected chi connectivity index (χ4v) is 0.884. The first-order chi connectivity index (χ1) is 2.50. The first-order valence-corrected chi connectivity index (χ1v) is 2.50. The van der Waals surface area contributed by atoms with Crippen molar-refractivity contribution in [3.8, 4) is 0 Å². The van der Waals surface area contributed by atoms with Crippen LogP contribution in [-0.4, -0.2) is 5.48 Å². The van der Waals surface area contributed by atoms with Crippen LogP contribution in [0.5, 0.6) is 0 Å². The second-order valence-corrected chi connectivity index (χ2v) is 1.77. The maximum atomic E-state index is 1.50. The molecular formula is C5H13FO. The summed E-state index contributed by atoms with van der Waals surface area (Å²) in [6.45, 7) is 0. The van der Waals surface area contributed by atoms with Crippen molar-refractivity contribution in [2.75, 3.05) is 0 Å². The van der Waals surface area contributed by atoms with Crippen LogP contribution < -0.4 is 0 Å². The monoisotopic (exact) mass is 108 g/mol. The van der Waals surface area contributed by atoms with Crippen LogP contribution in [0.4, 0.5) is 4.70 Å². The van der Waals surface area contributed by atoms with E-state index in [4.69, 9.17) is 0 Å². The van der Waals surface area contributed by atoms with Gasteiger partial charge in [0, 0.05) is 0 Å². The van der Waals surface area contributed by atoms with Gasteiger partial charge in [-0.2, -0.15) is 0 Å². The molecule has 2 N–H and O–H groups in total. The molecule has 1 aliphatic rings. The highest BCUT2D eigenvalue weighted by Crippen LogP contribution is 2.15. The highest BCUT2D eigenvalue weighted by atomic mass is 19.0. The Balaban J connectivity index is 0. The highest BCUT2D eigenvalue weighted by Gasteiger charge is 1.95. The topological polar surface area (TPSA) is 31.5 Å². The van der Waals surface area contributed by atoms with Crippen LogP contribution in [0.25, 0.3) is 0 Å². The molecule has 46 valence electrons. The smallest absolute Gasteiger partial charge is 0.0533 e. The molecule has 0 aliphatic heterocycles. The number of hydrogen-bond donors (Lipinski definition) is 0. The fourth-order valence-electron chi connectivity index (χ4n) is 0.884. The van der Waals surface area contributed by atoms with Gasteiger partial charge in [0.25, 0.3) is 0 Å². The lowest BCUT2D eigenvalue weighted by atomic mass is 10.4. The molecule has 2 heteroatoms. The van der Waals surface area contributed by atoms with Gasteiger partial charge in [0.2, 0.25) is 0 Å². The van der Waals surface area contributed by atoms with Gasteiger partial charge in [0.15, 0.2) is 0 Å². The average Bonchev–Trinajstić information content (AvgIpc) is 1.76. The normalized spacial score (nSPS) is 17.1. The molecule has 0 unspecified atom stereocenters. The lowest BCUT2D eigenvalue weighted by molar-refractivity contribution is 0.824. The molecule has 0 aromatic carbocycles. The van der Waals surface area contributed by atoms with Crippen molar-refractivity contribution in [1.29, 1.82) is 0 Å². The lowest BCUT2D eigenvalue weighted by Gasteiger charge is -1.67. The molecule has 0 bridgehead atoms. The number of halogens is 1. The van der Waals surface area contributed by atoms with Gasteiger partial charge in [0.05, 0.1) is 0 Å². The van der Waals surface area contributed by atoms with Crippen molar-refractivity contribution in [3.63, 3.8) is 0 Å². The third-order valence-corrected chi connectivity index (χ3v) is 1.25. The molecular weight excluding hydrogens is 95.1 g/mol. The summed E-state index contributed by atoms with van der Waals surface area (Å²) in [5.41, 5.74) is 0. The Morgan fingerprint density at radius 2 is 0.714 bits per heavy atom. The van der Waals surface area contributed by atoms with E-state index < -0.39 is 0 Å². The summed E-state index contributed by atoms with van der Waals surface area (Å²) in [5, 5.41) is 0. The average molecular weight is 108 g/mol. The first-order valence-electron chi connectivity index (χ1n) is 2.50. The van der Waals surface area contributed by atoms with Crippen LogP contribution >= 0.6 is 0 Å². The zero-order valence-electron chi connectivity index (χ0n) is 4.44. The number of rotatable bonds is 0. The molecule has 0 atom stereocenters.